The lowest BCUT2D eigenvalue weighted by Gasteiger charge is -2.07. The Morgan fingerprint density at radius 1 is 1.22 bits per heavy atom. The number of nitro benzene ring substituents is 1. The van der Waals surface area contributed by atoms with Crippen molar-refractivity contribution in [1.29, 1.82) is 0 Å². The standard InChI is InChI=1S/C14H11ClN2O5S/c1-23(21,22)13-6-5-9(7-12(13)17(19)20)14(18)16-11-4-2-3-10(15)8-11/h2-8H,1H3,(H,16,18). The van der Waals surface area contributed by atoms with Gasteiger partial charge >= 0.3 is 0 Å². The van der Waals surface area contributed by atoms with Gasteiger partial charge in [-0.05, 0) is 30.3 Å². The molecule has 0 spiro atoms. The summed E-state index contributed by atoms with van der Waals surface area (Å²) in [5.74, 6) is -0.615. The van der Waals surface area contributed by atoms with Crippen LogP contribution in [0.1, 0.15) is 10.4 Å². The zero-order valence-electron chi connectivity index (χ0n) is 11.8. The summed E-state index contributed by atoms with van der Waals surface area (Å²) in [7, 11) is -3.78. The number of halogens is 1. The monoisotopic (exact) mass is 354 g/mol. The molecular weight excluding hydrogens is 344 g/mol. The van der Waals surface area contributed by atoms with Crippen molar-refractivity contribution in [2.24, 2.45) is 0 Å². The van der Waals surface area contributed by atoms with E-state index in [1.54, 1.807) is 18.2 Å². The summed E-state index contributed by atoms with van der Waals surface area (Å²) < 4.78 is 23.1. The van der Waals surface area contributed by atoms with Crippen LogP contribution in [0.5, 0.6) is 0 Å². The number of nitro groups is 1. The molecule has 0 unspecified atom stereocenters. The molecule has 0 saturated heterocycles. The first kappa shape index (κ1) is 16.9. The summed E-state index contributed by atoms with van der Waals surface area (Å²) in [4.78, 5) is 21.9. The molecule has 0 bridgehead atoms. The number of nitrogens with one attached hydrogen (secondary N) is 1. The van der Waals surface area contributed by atoms with Crippen molar-refractivity contribution in [1.82, 2.24) is 0 Å². The molecule has 9 heteroatoms. The minimum Gasteiger partial charge on any atom is -0.322 e. The van der Waals surface area contributed by atoms with Gasteiger partial charge in [0.05, 0.1) is 4.92 Å². The Morgan fingerprint density at radius 3 is 2.48 bits per heavy atom. The number of benzene rings is 2. The van der Waals surface area contributed by atoms with Crippen LogP contribution in [0.2, 0.25) is 5.02 Å². The van der Waals surface area contributed by atoms with Crippen LogP contribution in [0.4, 0.5) is 11.4 Å². The maximum absolute atomic E-state index is 12.1. The molecule has 0 aliphatic heterocycles. The van der Waals surface area contributed by atoms with E-state index in [-0.39, 0.29) is 5.56 Å². The highest BCUT2D eigenvalue weighted by Crippen LogP contribution is 2.25. The largest absolute Gasteiger partial charge is 0.322 e. The van der Waals surface area contributed by atoms with Crippen molar-refractivity contribution in [3.8, 4) is 0 Å². The zero-order chi connectivity index (χ0) is 17.2. The van der Waals surface area contributed by atoms with Gasteiger partial charge in [0, 0.05) is 28.6 Å². The molecule has 1 N–H and O–H groups in total. The van der Waals surface area contributed by atoms with E-state index in [1.807, 2.05) is 0 Å². The third kappa shape index (κ3) is 4.05. The number of carbonyl (C=O) groups is 1. The van der Waals surface area contributed by atoms with Gasteiger partial charge in [0.25, 0.3) is 11.6 Å². The molecule has 23 heavy (non-hydrogen) atoms. The number of rotatable bonds is 4. The predicted octanol–water partition coefficient (Wildman–Crippen LogP) is 2.90. The zero-order valence-corrected chi connectivity index (χ0v) is 13.4. The highest BCUT2D eigenvalue weighted by Gasteiger charge is 2.24. The minimum atomic E-state index is -3.78. The molecule has 1 amide bonds. The van der Waals surface area contributed by atoms with Crippen molar-refractivity contribution in [2.45, 2.75) is 4.90 Å². The molecule has 2 aromatic carbocycles. The first-order valence-corrected chi connectivity index (χ1v) is 8.51. The Kier molecular flexibility index (Phi) is 4.67. The Morgan fingerprint density at radius 2 is 1.91 bits per heavy atom. The number of amides is 1. The molecule has 0 heterocycles. The first-order valence-electron chi connectivity index (χ1n) is 6.24. The lowest BCUT2D eigenvalue weighted by atomic mass is 10.2. The first-order chi connectivity index (χ1) is 10.7. The number of hydrogen-bond donors (Lipinski definition) is 1. The van der Waals surface area contributed by atoms with Gasteiger partial charge in [-0.3, -0.25) is 14.9 Å². The van der Waals surface area contributed by atoms with Gasteiger partial charge in [0.1, 0.15) is 4.90 Å². The molecule has 7 nitrogen and oxygen atoms in total. The predicted molar refractivity (Wildman–Crippen MR) is 85.6 cm³/mol. The normalized spacial score (nSPS) is 11.0. The van der Waals surface area contributed by atoms with Crippen molar-refractivity contribution < 1.29 is 18.1 Å². The molecule has 120 valence electrons. The average Bonchev–Trinajstić information content (AvgIpc) is 2.45. The third-order valence-electron chi connectivity index (χ3n) is 2.90. The second kappa shape index (κ2) is 6.35. The van der Waals surface area contributed by atoms with E-state index in [4.69, 9.17) is 11.6 Å². The highest BCUT2D eigenvalue weighted by molar-refractivity contribution is 7.90. The molecule has 2 rings (SSSR count). The molecular formula is C14H11ClN2O5S. The maximum atomic E-state index is 12.1. The van der Waals surface area contributed by atoms with E-state index in [2.05, 4.69) is 5.32 Å². The Balaban J connectivity index is 2.39. The van der Waals surface area contributed by atoms with Crippen LogP contribution in [0.3, 0.4) is 0 Å². The molecule has 0 fully saturated rings. The van der Waals surface area contributed by atoms with E-state index >= 15 is 0 Å². The highest BCUT2D eigenvalue weighted by atomic mass is 35.5. The summed E-state index contributed by atoms with van der Waals surface area (Å²) in [5, 5.41) is 14.0. The van der Waals surface area contributed by atoms with Gasteiger partial charge in [-0.1, -0.05) is 17.7 Å². The lowest BCUT2D eigenvalue weighted by molar-refractivity contribution is -0.387. The fraction of sp³-hybridized carbons (Fsp3) is 0.0714. The Labute approximate surface area is 137 Å². The maximum Gasteiger partial charge on any atom is 0.288 e. The number of nitrogens with zero attached hydrogens (tertiary/aromatic N) is 1. The molecule has 0 aromatic heterocycles. The summed E-state index contributed by atoms with van der Waals surface area (Å²) in [6, 6.07) is 9.55. The van der Waals surface area contributed by atoms with Gasteiger partial charge in [-0.2, -0.15) is 0 Å². The second-order valence-corrected chi connectivity index (χ2v) is 7.10. The van der Waals surface area contributed by atoms with Crippen LogP contribution in [-0.2, 0) is 9.84 Å². The molecule has 0 aliphatic rings. The van der Waals surface area contributed by atoms with E-state index in [1.165, 1.54) is 12.1 Å². The van der Waals surface area contributed by atoms with Crippen LogP contribution in [0.15, 0.2) is 47.4 Å². The van der Waals surface area contributed by atoms with E-state index in [0.29, 0.717) is 10.7 Å². The summed E-state index contributed by atoms with van der Waals surface area (Å²) in [6.07, 6.45) is 0.862. The topological polar surface area (TPSA) is 106 Å². The van der Waals surface area contributed by atoms with Gasteiger partial charge in [0.2, 0.25) is 0 Å². The van der Waals surface area contributed by atoms with E-state index in [0.717, 1.165) is 18.4 Å². The average molecular weight is 355 g/mol. The number of hydrogen-bond acceptors (Lipinski definition) is 5. The third-order valence-corrected chi connectivity index (χ3v) is 4.28. The van der Waals surface area contributed by atoms with E-state index < -0.39 is 31.3 Å². The summed E-state index contributed by atoms with van der Waals surface area (Å²) in [6.45, 7) is 0. The number of carbonyl (C=O) groups excluding carboxylic acids is 1. The minimum absolute atomic E-state index is 0.0379. The Bertz CT molecular complexity index is 896. The molecule has 0 radical (unpaired) electrons. The van der Waals surface area contributed by atoms with Gasteiger partial charge in [-0.15, -0.1) is 0 Å². The smallest absolute Gasteiger partial charge is 0.288 e. The summed E-state index contributed by atoms with van der Waals surface area (Å²) in [5.41, 5.74) is -0.271. The van der Waals surface area contributed by atoms with Crippen LogP contribution in [0, 0.1) is 10.1 Å². The lowest BCUT2D eigenvalue weighted by Crippen LogP contribution is -2.13. The van der Waals surface area contributed by atoms with Crippen LogP contribution < -0.4 is 5.32 Å². The second-order valence-electron chi connectivity index (χ2n) is 4.68. The molecule has 0 aliphatic carbocycles. The van der Waals surface area contributed by atoms with E-state index in [9.17, 15) is 23.3 Å². The Hall–Kier alpha value is -2.45. The van der Waals surface area contributed by atoms with Crippen LogP contribution in [-0.4, -0.2) is 25.5 Å². The molecule has 2 aromatic rings. The number of sulfone groups is 1. The van der Waals surface area contributed by atoms with Crippen molar-refractivity contribution in [3.63, 3.8) is 0 Å². The van der Waals surface area contributed by atoms with Gasteiger partial charge < -0.3 is 5.32 Å². The van der Waals surface area contributed by atoms with Crippen molar-refractivity contribution in [2.75, 3.05) is 11.6 Å². The molecule has 0 saturated carbocycles. The SMILES string of the molecule is CS(=O)(=O)c1ccc(C(=O)Nc2cccc(Cl)c2)cc1[N+](=O)[O-]. The van der Waals surface area contributed by atoms with Crippen molar-refractivity contribution >= 4 is 38.7 Å². The fourth-order valence-electron chi connectivity index (χ4n) is 1.88. The molecule has 0 atom stereocenters. The summed E-state index contributed by atoms with van der Waals surface area (Å²) >= 11 is 5.80. The van der Waals surface area contributed by atoms with Gasteiger partial charge in [0.15, 0.2) is 9.84 Å². The number of anilines is 1. The van der Waals surface area contributed by atoms with Crippen LogP contribution in [0.25, 0.3) is 0 Å². The fourth-order valence-corrected chi connectivity index (χ4v) is 2.90. The van der Waals surface area contributed by atoms with Crippen molar-refractivity contribution in [3.05, 3.63) is 63.2 Å². The van der Waals surface area contributed by atoms with Crippen LogP contribution >= 0.6 is 11.6 Å². The quantitative estimate of drug-likeness (QED) is 0.671. The van der Waals surface area contributed by atoms with Gasteiger partial charge in [-0.25, -0.2) is 8.42 Å².